The number of rotatable bonds is 7. The molecule has 0 heterocycles. The van der Waals surface area contributed by atoms with Gasteiger partial charge in [0.15, 0.2) is 6.61 Å². The molecule has 0 radical (unpaired) electrons. The summed E-state index contributed by atoms with van der Waals surface area (Å²) in [6.45, 7) is 5.05. The largest absolute Gasteiger partial charge is 0.454 e. The molecule has 0 unspecified atom stereocenters. The number of amides is 2. The van der Waals surface area contributed by atoms with E-state index in [9.17, 15) is 14.4 Å². The Bertz CT molecular complexity index is 587. The molecule has 126 valence electrons. The van der Waals surface area contributed by atoms with E-state index in [1.54, 1.807) is 24.3 Å². The Morgan fingerprint density at radius 2 is 1.96 bits per heavy atom. The maximum Gasteiger partial charge on any atom is 0.325 e. The standard InChI is InChI=1S/C16H21BrN2O4/c1-4-16(2,3)19-13(20)10-23-14(21)9-18-15(22)11-6-5-7-12(17)8-11/h5-8H,4,9-10H2,1-3H3,(H,18,22)(H,19,20). The van der Waals surface area contributed by atoms with Crippen LogP contribution in [-0.4, -0.2) is 36.5 Å². The van der Waals surface area contributed by atoms with E-state index < -0.39 is 5.97 Å². The minimum atomic E-state index is -0.669. The van der Waals surface area contributed by atoms with Gasteiger partial charge in [-0.1, -0.05) is 28.9 Å². The van der Waals surface area contributed by atoms with Gasteiger partial charge in [-0.3, -0.25) is 14.4 Å². The summed E-state index contributed by atoms with van der Waals surface area (Å²) in [6, 6.07) is 6.78. The first-order valence-corrected chi connectivity index (χ1v) is 8.03. The van der Waals surface area contributed by atoms with Gasteiger partial charge in [0.1, 0.15) is 6.54 Å². The number of hydrogen-bond donors (Lipinski definition) is 2. The van der Waals surface area contributed by atoms with Crippen LogP contribution in [0.1, 0.15) is 37.6 Å². The molecular formula is C16H21BrN2O4. The number of benzene rings is 1. The number of esters is 1. The highest BCUT2D eigenvalue weighted by Gasteiger charge is 2.18. The van der Waals surface area contributed by atoms with Crippen LogP contribution >= 0.6 is 15.9 Å². The number of ether oxygens (including phenoxy) is 1. The number of carbonyl (C=O) groups excluding carboxylic acids is 3. The van der Waals surface area contributed by atoms with E-state index in [4.69, 9.17) is 4.74 Å². The molecule has 1 rings (SSSR count). The van der Waals surface area contributed by atoms with E-state index in [0.717, 1.165) is 10.9 Å². The summed E-state index contributed by atoms with van der Waals surface area (Å²) in [4.78, 5) is 35.0. The third kappa shape index (κ3) is 7.27. The van der Waals surface area contributed by atoms with Gasteiger partial charge in [0.05, 0.1) is 0 Å². The molecule has 0 atom stereocenters. The van der Waals surface area contributed by atoms with Gasteiger partial charge < -0.3 is 15.4 Å². The first kappa shape index (κ1) is 19.2. The predicted octanol–water partition coefficient (Wildman–Crippen LogP) is 2.03. The van der Waals surface area contributed by atoms with Gasteiger partial charge in [0.25, 0.3) is 11.8 Å². The first-order valence-electron chi connectivity index (χ1n) is 7.24. The SMILES string of the molecule is CCC(C)(C)NC(=O)COC(=O)CNC(=O)c1cccc(Br)c1. The van der Waals surface area contributed by atoms with Crippen molar-refractivity contribution in [3.8, 4) is 0 Å². The minimum Gasteiger partial charge on any atom is -0.454 e. The maximum absolute atomic E-state index is 11.8. The normalized spacial score (nSPS) is 10.8. The van der Waals surface area contributed by atoms with Gasteiger partial charge in [-0.25, -0.2) is 0 Å². The van der Waals surface area contributed by atoms with Crippen LogP contribution in [0.4, 0.5) is 0 Å². The summed E-state index contributed by atoms with van der Waals surface area (Å²) in [6.07, 6.45) is 0.759. The Balaban J connectivity index is 2.34. The zero-order chi connectivity index (χ0) is 17.5. The lowest BCUT2D eigenvalue weighted by Crippen LogP contribution is -2.45. The third-order valence-corrected chi connectivity index (χ3v) is 3.70. The Labute approximate surface area is 144 Å². The number of nitrogens with one attached hydrogen (secondary N) is 2. The van der Waals surface area contributed by atoms with E-state index in [1.165, 1.54) is 0 Å². The smallest absolute Gasteiger partial charge is 0.325 e. The van der Waals surface area contributed by atoms with E-state index in [-0.39, 0.29) is 30.5 Å². The van der Waals surface area contributed by atoms with Crippen molar-refractivity contribution >= 4 is 33.7 Å². The summed E-state index contributed by atoms with van der Waals surface area (Å²) in [5.74, 6) is -1.43. The molecule has 0 aliphatic heterocycles. The first-order chi connectivity index (χ1) is 10.7. The molecule has 0 saturated carbocycles. The molecule has 0 aliphatic rings. The summed E-state index contributed by atoms with van der Waals surface area (Å²) in [5, 5.41) is 5.19. The zero-order valence-corrected chi connectivity index (χ0v) is 15.0. The van der Waals surface area contributed by atoms with Crippen LogP contribution in [0.25, 0.3) is 0 Å². The fourth-order valence-electron chi connectivity index (χ4n) is 1.58. The van der Waals surface area contributed by atoms with Crippen LogP contribution in [-0.2, 0) is 14.3 Å². The van der Waals surface area contributed by atoms with Gasteiger partial charge in [0, 0.05) is 15.6 Å². The van der Waals surface area contributed by atoms with Crippen LogP contribution < -0.4 is 10.6 Å². The highest BCUT2D eigenvalue weighted by atomic mass is 79.9. The molecule has 0 fully saturated rings. The van der Waals surface area contributed by atoms with E-state index in [1.807, 2.05) is 20.8 Å². The number of halogens is 1. The van der Waals surface area contributed by atoms with Crippen molar-refractivity contribution < 1.29 is 19.1 Å². The van der Waals surface area contributed by atoms with Gasteiger partial charge in [-0.15, -0.1) is 0 Å². The van der Waals surface area contributed by atoms with Crippen molar-refractivity contribution in [1.29, 1.82) is 0 Å². The Morgan fingerprint density at radius 1 is 1.26 bits per heavy atom. The van der Waals surface area contributed by atoms with E-state index in [2.05, 4.69) is 26.6 Å². The molecule has 1 aromatic rings. The summed E-state index contributed by atoms with van der Waals surface area (Å²) in [5.41, 5.74) is 0.0768. The quantitative estimate of drug-likeness (QED) is 0.704. The van der Waals surface area contributed by atoms with Crippen molar-refractivity contribution in [1.82, 2.24) is 10.6 Å². The average Bonchev–Trinajstić information content (AvgIpc) is 2.50. The Morgan fingerprint density at radius 3 is 2.57 bits per heavy atom. The van der Waals surface area contributed by atoms with Crippen molar-refractivity contribution in [2.45, 2.75) is 32.7 Å². The molecule has 6 nitrogen and oxygen atoms in total. The molecule has 0 aliphatic carbocycles. The van der Waals surface area contributed by atoms with Crippen molar-refractivity contribution in [3.63, 3.8) is 0 Å². The minimum absolute atomic E-state index is 0.296. The van der Waals surface area contributed by atoms with E-state index >= 15 is 0 Å². The van der Waals surface area contributed by atoms with Crippen LogP contribution in [0.15, 0.2) is 28.7 Å². The lowest BCUT2D eigenvalue weighted by atomic mass is 10.0. The van der Waals surface area contributed by atoms with Crippen molar-refractivity contribution in [2.75, 3.05) is 13.2 Å². The zero-order valence-electron chi connectivity index (χ0n) is 13.4. The lowest BCUT2D eigenvalue weighted by molar-refractivity contribution is -0.148. The van der Waals surface area contributed by atoms with Gasteiger partial charge >= 0.3 is 5.97 Å². The molecule has 0 aromatic heterocycles. The number of hydrogen-bond acceptors (Lipinski definition) is 4. The molecule has 2 N–H and O–H groups in total. The summed E-state index contributed by atoms with van der Waals surface area (Å²) < 4.78 is 5.60. The average molecular weight is 385 g/mol. The number of carbonyl (C=O) groups is 3. The fraction of sp³-hybridized carbons (Fsp3) is 0.438. The fourth-order valence-corrected chi connectivity index (χ4v) is 1.98. The van der Waals surface area contributed by atoms with Crippen molar-refractivity contribution in [2.24, 2.45) is 0 Å². The second kappa shape index (κ2) is 8.67. The van der Waals surface area contributed by atoms with E-state index in [0.29, 0.717) is 5.56 Å². The summed E-state index contributed by atoms with van der Waals surface area (Å²) in [7, 11) is 0. The predicted molar refractivity (Wildman–Crippen MR) is 89.9 cm³/mol. The molecule has 2 amide bonds. The highest BCUT2D eigenvalue weighted by molar-refractivity contribution is 9.10. The molecule has 0 saturated heterocycles. The maximum atomic E-state index is 11.8. The van der Waals surface area contributed by atoms with Gasteiger partial charge in [-0.05, 0) is 38.5 Å². The van der Waals surface area contributed by atoms with Crippen molar-refractivity contribution in [3.05, 3.63) is 34.3 Å². The Kier molecular flexibility index (Phi) is 7.22. The monoisotopic (exact) mass is 384 g/mol. The van der Waals surface area contributed by atoms with Crippen LogP contribution in [0, 0.1) is 0 Å². The molecule has 0 bridgehead atoms. The van der Waals surface area contributed by atoms with Crippen LogP contribution in [0.3, 0.4) is 0 Å². The second-order valence-corrected chi connectivity index (χ2v) is 6.55. The van der Waals surface area contributed by atoms with Crippen LogP contribution in [0.2, 0.25) is 0 Å². The van der Waals surface area contributed by atoms with Gasteiger partial charge in [-0.2, -0.15) is 0 Å². The topological polar surface area (TPSA) is 84.5 Å². The summed E-state index contributed by atoms with van der Waals surface area (Å²) >= 11 is 3.26. The molecule has 7 heteroatoms. The highest BCUT2D eigenvalue weighted by Crippen LogP contribution is 2.11. The molecular weight excluding hydrogens is 364 g/mol. The third-order valence-electron chi connectivity index (χ3n) is 3.21. The molecule has 1 aromatic carbocycles. The van der Waals surface area contributed by atoms with Gasteiger partial charge in [0.2, 0.25) is 0 Å². The Hall–Kier alpha value is -1.89. The lowest BCUT2D eigenvalue weighted by Gasteiger charge is -2.24. The van der Waals surface area contributed by atoms with Crippen LogP contribution in [0.5, 0.6) is 0 Å². The second-order valence-electron chi connectivity index (χ2n) is 5.64. The molecule has 23 heavy (non-hydrogen) atoms. The molecule has 0 spiro atoms.